The van der Waals surface area contributed by atoms with Gasteiger partial charge < -0.3 is 5.21 Å². The highest BCUT2D eigenvalue weighted by molar-refractivity contribution is 4.74. The standard InChI is InChI=1S/C8H19NO/c1-6-9(10)7(2)8(3,4)5/h7,10H,6H2,1-5H3. The average Bonchev–Trinajstić information content (AvgIpc) is 1.83. The molecule has 0 aliphatic rings. The zero-order valence-corrected chi connectivity index (χ0v) is 7.68. The Morgan fingerprint density at radius 2 is 1.80 bits per heavy atom. The lowest BCUT2D eigenvalue weighted by Crippen LogP contribution is -2.39. The van der Waals surface area contributed by atoms with E-state index in [4.69, 9.17) is 0 Å². The van der Waals surface area contributed by atoms with Crippen LogP contribution in [0.3, 0.4) is 0 Å². The van der Waals surface area contributed by atoms with Crippen LogP contribution in [0, 0.1) is 5.41 Å². The van der Waals surface area contributed by atoms with Gasteiger partial charge in [-0.3, -0.25) is 0 Å². The van der Waals surface area contributed by atoms with Crippen molar-refractivity contribution in [3.05, 3.63) is 0 Å². The molecule has 0 saturated heterocycles. The highest BCUT2D eigenvalue weighted by atomic mass is 16.5. The van der Waals surface area contributed by atoms with E-state index in [-0.39, 0.29) is 11.5 Å². The minimum absolute atomic E-state index is 0.157. The molecule has 0 amide bonds. The molecule has 0 saturated carbocycles. The summed E-state index contributed by atoms with van der Waals surface area (Å²) in [5.74, 6) is 0. The lowest BCUT2D eigenvalue weighted by atomic mass is 9.88. The molecule has 0 aliphatic heterocycles. The van der Waals surface area contributed by atoms with Crippen LogP contribution in [0.15, 0.2) is 0 Å². The molecular formula is C8H19NO. The van der Waals surface area contributed by atoms with E-state index in [1.807, 2.05) is 13.8 Å². The molecule has 10 heavy (non-hydrogen) atoms. The van der Waals surface area contributed by atoms with Crippen LogP contribution >= 0.6 is 0 Å². The van der Waals surface area contributed by atoms with Crippen LogP contribution in [-0.4, -0.2) is 22.9 Å². The lowest BCUT2D eigenvalue weighted by molar-refractivity contribution is -0.144. The highest BCUT2D eigenvalue weighted by Gasteiger charge is 2.23. The largest absolute Gasteiger partial charge is 0.314 e. The smallest absolute Gasteiger partial charge is 0.0370 e. The van der Waals surface area contributed by atoms with Gasteiger partial charge in [0.2, 0.25) is 0 Å². The van der Waals surface area contributed by atoms with E-state index < -0.39 is 0 Å². The first-order valence-electron chi connectivity index (χ1n) is 3.85. The average molecular weight is 145 g/mol. The first-order chi connectivity index (χ1) is 4.39. The van der Waals surface area contributed by atoms with Gasteiger partial charge in [0.1, 0.15) is 0 Å². The van der Waals surface area contributed by atoms with Crippen LogP contribution in [-0.2, 0) is 0 Å². The van der Waals surface area contributed by atoms with Gasteiger partial charge in [0.05, 0.1) is 0 Å². The molecule has 0 aliphatic carbocycles. The number of nitrogens with zero attached hydrogens (tertiary/aromatic N) is 1. The van der Waals surface area contributed by atoms with Crippen molar-refractivity contribution < 1.29 is 5.21 Å². The molecule has 0 aromatic carbocycles. The van der Waals surface area contributed by atoms with E-state index in [1.54, 1.807) is 0 Å². The van der Waals surface area contributed by atoms with Crippen molar-refractivity contribution in [3.63, 3.8) is 0 Å². The summed E-state index contributed by atoms with van der Waals surface area (Å²) in [5.41, 5.74) is 0.157. The number of hydrogen-bond acceptors (Lipinski definition) is 2. The van der Waals surface area contributed by atoms with E-state index in [1.165, 1.54) is 5.06 Å². The molecule has 0 radical (unpaired) electrons. The van der Waals surface area contributed by atoms with E-state index in [0.717, 1.165) is 0 Å². The van der Waals surface area contributed by atoms with Gasteiger partial charge in [-0.2, -0.15) is 5.06 Å². The third-order valence-corrected chi connectivity index (χ3v) is 2.02. The van der Waals surface area contributed by atoms with Gasteiger partial charge in [-0.1, -0.05) is 27.7 Å². The number of hydrogen-bond donors (Lipinski definition) is 1. The maximum Gasteiger partial charge on any atom is 0.0370 e. The molecule has 0 aromatic heterocycles. The first-order valence-corrected chi connectivity index (χ1v) is 3.85. The molecule has 0 heterocycles. The Morgan fingerprint density at radius 3 is 1.90 bits per heavy atom. The fourth-order valence-electron chi connectivity index (χ4n) is 0.721. The second-order valence-electron chi connectivity index (χ2n) is 3.80. The van der Waals surface area contributed by atoms with Crippen molar-refractivity contribution in [1.29, 1.82) is 0 Å². The summed E-state index contributed by atoms with van der Waals surface area (Å²) in [7, 11) is 0. The molecule has 2 heteroatoms. The molecule has 2 nitrogen and oxygen atoms in total. The van der Waals surface area contributed by atoms with E-state index in [2.05, 4.69) is 20.8 Å². The lowest BCUT2D eigenvalue weighted by Gasteiger charge is -2.32. The van der Waals surface area contributed by atoms with E-state index in [0.29, 0.717) is 6.54 Å². The molecular weight excluding hydrogens is 126 g/mol. The summed E-state index contributed by atoms with van der Waals surface area (Å²) >= 11 is 0. The predicted octanol–water partition coefficient (Wildman–Crippen LogP) is 2.13. The van der Waals surface area contributed by atoms with Gasteiger partial charge in [0.25, 0.3) is 0 Å². The minimum Gasteiger partial charge on any atom is -0.314 e. The molecule has 0 bridgehead atoms. The second kappa shape index (κ2) is 3.35. The van der Waals surface area contributed by atoms with Gasteiger partial charge in [0, 0.05) is 12.6 Å². The Labute approximate surface area is 63.8 Å². The van der Waals surface area contributed by atoms with Gasteiger partial charge in [-0.25, -0.2) is 0 Å². The maximum absolute atomic E-state index is 9.30. The summed E-state index contributed by atoms with van der Waals surface area (Å²) in [6, 6.07) is 0.220. The summed E-state index contributed by atoms with van der Waals surface area (Å²) in [5, 5.41) is 10.7. The van der Waals surface area contributed by atoms with Gasteiger partial charge in [-0.05, 0) is 12.3 Å². The topological polar surface area (TPSA) is 23.5 Å². The minimum atomic E-state index is 0.157. The van der Waals surface area contributed by atoms with Crippen molar-refractivity contribution >= 4 is 0 Å². The van der Waals surface area contributed by atoms with Gasteiger partial charge in [0.15, 0.2) is 0 Å². The Hall–Kier alpha value is -0.0800. The monoisotopic (exact) mass is 145 g/mol. The third kappa shape index (κ3) is 2.67. The van der Waals surface area contributed by atoms with Gasteiger partial charge in [-0.15, -0.1) is 0 Å². The van der Waals surface area contributed by atoms with Crippen molar-refractivity contribution in [1.82, 2.24) is 5.06 Å². The predicted molar refractivity (Wildman–Crippen MR) is 43.1 cm³/mol. The van der Waals surface area contributed by atoms with Crippen LogP contribution < -0.4 is 0 Å². The quantitative estimate of drug-likeness (QED) is 0.602. The fraction of sp³-hybridized carbons (Fsp3) is 1.00. The zero-order chi connectivity index (χ0) is 8.36. The first kappa shape index (κ1) is 9.92. The molecule has 0 spiro atoms. The maximum atomic E-state index is 9.30. The van der Waals surface area contributed by atoms with Crippen molar-refractivity contribution in [2.24, 2.45) is 5.41 Å². The van der Waals surface area contributed by atoms with Crippen molar-refractivity contribution in [3.8, 4) is 0 Å². The van der Waals surface area contributed by atoms with E-state index in [9.17, 15) is 5.21 Å². The van der Waals surface area contributed by atoms with Crippen molar-refractivity contribution in [2.45, 2.75) is 40.7 Å². The number of hydroxylamine groups is 2. The Morgan fingerprint density at radius 1 is 1.40 bits per heavy atom. The molecule has 0 aromatic rings. The molecule has 1 unspecified atom stereocenters. The summed E-state index contributed by atoms with van der Waals surface area (Å²) in [6.45, 7) is 11.0. The number of rotatable bonds is 2. The molecule has 0 rings (SSSR count). The van der Waals surface area contributed by atoms with Crippen molar-refractivity contribution in [2.75, 3.05) is 6.54 Å². The Kier molecular flexibility index (Phi) is 3.33. The Bertz CT molecular complexity index is 95.9. The second-order valence-corrected chi connectivity index (χ2v) is 3.80. The highest BCUT2D eigenvalue weighted by Crippen LogP contribution is 2.22. The van der Waals surface area contributed by atoms with Crippen LogP contribution in [0.2, 0.25) is 0 Å². The SMILES string of the molecule is CCN(O)C(C)C(C)(C)C. The van der Waals surface area contributed by atoms with Gasteiger partial charge >= 0.3 is 0 Å². The molecule has 62 valence electrons. The summed E-state index contributed by atoms with van der Waals surface area (Å²) < 4.78 is 0. The summed E-state index contributed by atoms with van der Waals surface area (Å²) in [6.07, 6.45) is 0. The van der Waals surface area contributed by atoms with Crippen LogP contribution in [0.1, 0.15) is 34.6 Å². The third-order valence-electron chi connectivity index (χ3n) is 2.02. The fourth-order valence-corrected chi connectivity index (χ4v) is 0.721. The zero-order valence-electron chi connectivity index (χ0n) is 7.68. The van der Waals surface area contributed by atoms with Crippen LogP contribution in [0.5, 0.6) is 0 Å². The molecule has 1 atom stereocenters. The Balaban J connectivity index is 3.94. The van der Waals surface area contributed by atoms with Crippen LogP contribution in [0.4, 0.5) is 0 Å². The molecule has 0 fully saturated rings. The normalized spacial score (nSPS) is 15.9. The van der Waals surface area contributed by atoms with Crippen LogP contribution in [0.25, 0.3) is 0 Å². The molecule has 1 N–H and O–H groups in total. The summed E-state index contributed by atoms with van der Waals surface area (Å²) in [4.78, 5) is 0. The van der Waals surface area contributed by atoms with E-state index >= 15 is 0 Å².